The molecule has 0 saturated carbocycles. The molecule has 0 aliphatic carbocycles. The SMILES string of the molecule is CC(C)(C)[Si](OC[C@H]1O[C@@H](N2C=C(/C=C/CNC(=O)C(F)(F)F)C(N)=NC2O)CC1O)(c1ccccc1)c1ccccc1. The molecule has 2 aliphatic heterocycles. The third-order valence-electron chi connectivity index (χ3n) is 7.46. The third-order valence-corrected chi connectivity index (χ3v) is 12.5. The number of aliphatic imine (C=N–C) groups is 1. The number of hydrogen-bond acceptors (Lipinski definition) is 8. The summed E-state index contributed by atoms with van der Waals surface area (Å²) in [4.78, 5) is 16.4. The predicted octanol–water partition coefficient (Wildman–Crippen LogP) is 2.11. The summed E-state index contributed by atoms with van der Waals surface area (Å²) in [5.74, 6) is -2.11. The van der Waals surface area contributed by atoms with E-state index in [1.807, 2.05) is 36.4 Å². The van der Waals surface area contributed by atoms with E-state index >= 15 is 0 Å². The van der Waals surface area contributed by atoms with Gasteiger partial charge in [-0.05, 0) is 15.4 Å². The van der Waals surface area contributed by atoms with Crippen LogP contribution in [0.25, 0.3) is 0 Å². The van der Waals surface area contributed by atoms with E-state index in [0.717, 1.165) is 10.4 Å². The molecule has 1 saturated heterocycles. The predicted molar refractivity (Wildman–Crippen MR) is 159 cm³/mol. The molecule has 232 valence electrons. The van der Waals surface area contributed by atoms with Gasteiger partial charge in [0.2, 0.25) is 6.35 Å². The lowest BCUT2D eigenvalue weighted by atomic mass is 10.1. The van der Waals surface area contributed by atoms with E-state index < -0.39 is 51.7 Å². The van der Waals surface area contributed by atoms with E-state index in [1.165, 1.54) is 23.3 Å². The van der Waals surface area contributed by atoms with Crippen molar-refractivity contribution in [2.75, 3.05) is 13.2 Å². The molecule has 4 atom stereocenters. The smallest absolute Gasteiger partial charge is 0.405 e. The van der Waals surface area contributed by atoms with Crippen LogP contribution in [0.15, 0.2) is 89.6 Å². The molecule has 1 fully saturated rings. The van der Waals surface area contributed by atoms with Crippen molar-refractivity contribution in [3.63, 3.8) is 0 Å². The average Bonchev–Trinajstić information content (AvgIpc) is 3.32. The number of nitrogens with two attached hydrogens (primary N) is 1. The number of alkyl halides is 3. The number of aliphatic hydroxyl groups excluding tert-OH is 2. The van der Waals surface area contributed by atoms with Gasteiger partial charge in [0, 0.05) is 24.7 Å². The van der Waals surface area contributed by atoms with Crippen molar-refractivity contribution in [1.82, 2.24) is 10.2 Å². The Hall–Kier alpha value is -3.49. The number of carbonyl (C=O) groups is 1. The Morgan fingerprint density at radius 2 is 1.70 bits per heavy atom. The van der Waals surface area contributed by atoms with Crippen LogP contribution in [0.5, 0.6) is 0 Å². The first-order valence-electron chi connectivity index (χ1n) is 13.8. The van der Waals surface area contributed by atoms with E-state index in [0.29, 0.717) is 0 Å². The van der Waals surface area contributed by atoms with Crippen LogP contribution in [0, 0.1) is 0 Å². The molecule has 1 amide bonds. The molecule has 0 spiro atoms. The van der Waals surface area contributed by atoms with Gasteiger partial charge in [0.25, 0.3) is 8.32 Å². The van der Waals surface area contributed by atoms with E-state index in [2.05, 4.69) is 50.0 Å². The van der Waals surface area contributed by atoms with Crippen molar-refractivity contribution in [2.45, 2.75) is 63.2 Å². The Morgan fingerprint density at radius 3 is 2.23 bits per heavy atom. The molecule has 4 rings (SSSR count). The zero-order chi connectivity index (χ0) is 31.4. The van der Waals surface area contributed by atoms with Crippen LogP contribution in [-0.4, -0.2) is 79.3 Å². The summed E-state index contributed by atoms with van der Waals surface area (Å²) in [7, 11) is -2.89. The van der Waals surface area contributed by atoms with Crippen LogP contribution in [0.3, 0.4) is 0 Å². The minimum Gasteiger partial charge on any atom is -0.405 e. The molecule has 0 radical (unpaired) electrons. The van der Waals surface area contributed by atoms with Gasteiger partial charge in [0.05, 0.1) is 12.7 Å². The molecule has 2 heterocycles. The largest absolute Gasteiger partial charge is 0.471 e. The molecule has 9 nitrogen and oxygen atoms in total. The second kappa shape index (κ2) is 13.0. The van der Waals surface area contributed by atoms with Crippen molar-refractivity contribution in [3.8, 4) is 0 Å². The quantitative estimate of drug-likeness (QED) is 0.317. The number of halogens is 3. The topological polar surface area (TPSA) is 130 Å². The number of rotatable bonds is 9. The van der Waals surface area contributed by atoms with Crippen molar-refractivity contribution in [2.24, 2.45) is 10.7 Å². The van der Waals surface area contributed by atoms with Crippen LogP contribution >= 0.6 is 0 Å². The highest BCUT2D eigenvalue weighted by atomic mass is 28.4. The maximum Gasteiger partial charge on any atom is 0.471 e. The Labute approximate surface area is 249 Å². The zero-order valence-corrected chi connectivity index (χ0v) is 25.2. The molecule has 2 aromatic carbocycles. The molecular formula is C30H37F3N4O5Si. The Kier molecular flexibility index (Phi) is 9.82. The molecule has 2 aliphatic rings. The molecule has 5 N–H and O–H groups in total. The molecule has 2 unspecified atom stereocenters. The number of amides is 1. The maximum atomic E-state index is 12.4. The lowest BCUT2D eigenvalue weighted by Gasteiger charge is -2.43. The van der Waals surface area contributed by atoms with Gasteiger partial charge in [0.15, 0.2) is 0 Å². The summed E-state index contributed by atoms with van der Waals surface area (Å²) in [5.41, 5.74) is 6.20. The molecule has 13 heteroatoms. The first-order valence-corrected chi connectivity index (χ1v) is 15.8. The van der Waals surface area contributed by atoms with Gasteiger partial charge in [-0.3, -0.25) is 4.79 Å². The first kappa shape index (κ1) is 32.4. The highest BCUT2D eigenvalue weighted by Crippen LogP contribution is 2.38. The Bertz CT molecular complexity index is 1310. The second-order valence-electron chi connectivity index (χ2n) is 11.4. The van der Waals surface area contributed by atoms with E-state index in [9.17, 15) is 28.2 Å². The number of nitrogens with zero attached hydrogens (tertiary/aromatic N) is 2. The van der Waals surface area contributed by atoms with Gasteiger partial charge in [-0.1, -0.05) is 93.6 Å². The fourth-order valence-corrected chi connectivity index (χ4v) is 9.94. The van der Waals surface area contributed by atoms with Gasteiger partial charge in [-0.2, -0.15) is 13.2 Å². The maximum absolute atomic E-state index is 12.4. The number of nitrogens with one attached hydrogen (secondary N) is 1. The number of carbonyl (C=O) groups excluding carboxylic acids is 1. The molecule has 0 aromatic heterocycles. The number of aliphatic hydroxyl groups is 2. The summed E-state index contributed by atoms with van der Waals surface area (Å²) in [6, 6.07) is 20.1. The van der Waals surface area contributed by atoms with Crippen molar-refractivity contribution in [3.05, 3.63) is 84.6 Å². The number of hydrogen-bond donors (Lipinski definition) is 4. The lowest BCUT2D eigenvalue weighted by molar-refractivity contribution is -0.173. The Morgan fingerprint density at radius 1 is 1.12 bits per heavy atom. The van der Waals surface area contributed by atoms with Gasteiger partial charge in [-0.25, -0.2) is 4.99 Å². The molecular weight excluding hydrogens is 581 g/mol. The van der Waals surface area contributed by atoms with Crippen molar-refractivity contribution >= 4 is 30.4 Å². The fraction of sp³-hybridized carbons (Fsp3) is 0.400. The third kappa shape index (κ3) is 7.19. The molecule has 43 heavy (non-hydrogen) atoms. The minimum absolute atomic E-state index is 0.0488. The van der Waals surface area contributed by atoms with Crippen LogP contribution in [0.4, 0.5) is 13.2 Å². The number of ether oxygens (including phenoxy) is 1. The van der Waals surface area contributed by atoms with Gasteiger partial charge in [-0.15, -0.1) is 0 Å². The first-order chi connectivity index (χ1) is 20.2. The van der Waals surface area contributed by atoms with Gasteiger partial charge >= 0.3 is 12.1 Å². The summed E-state index contributed by atoms with van der Waals surface area (Å²) in [5, 5.41) is 25.2. The van der Waals surface area contributed by atoms with Crippen molar-refractivity contribution in [1.29, 1.82) is 0 Å². The van der Waals surface area contributed by atoms with Crippen LogP contribution in [0.1, 0.15) is 27.2 Å². The highest BCUT2D eigenvalue weighted by molar-refractivity contribution is 6.99. The van der Waals surface area contributed by atoms with E-state index in [4.69, 9.17) is 14.9 Å². The number of amidine groups is 1. The van der Waals surface area contributed by atoms with Crippen LogP contribution in [-0.2, 0) is 14.0 Å². The normalized spacial score (nSPS) is 23.3. The van der Waals surface area contributed by atoms with Gasteiger partial charge < -0.3 is 35.3 Å². The summed E-state index contributed by atoms with van der Waals surface area (Å²) >= 11 is 0. The molecule has 2 aromatic rings. The highest BCUT2D eigenvalue weighted by Gasteiger charge is 2.51. The van der Waals surface area contributed by atoms with Crippen LogP contribution in [0.2, 0.25) is 5.04 Å². The minimum atomic E-state index is -4.99. The second-order valence-corrected chi connectivity index (χ2v) is 15.7. The average molecular weight is 619 g/mol. The monoisotopic (exact) mass is 618 g/mol. The summed E-state index contributed by atoms with van der Waals surface area (Å²) in [6.07, 6.45) is -4.57. The lowest BCUT2D eigenvalue weighted by Crippen LogP contribution is -2.67. The van der Waals surface area contributed by atoms with Crippen molar-refractivity contribution < 1.29 is 37.3 Å². The Balaban J connectivity index is 1.51. The summed E-state index contributed by atoms with van der Waals surface area (Å²) < 4.78 is 50.3. The molecule has 0 bridgehead atoms. The standard InChI is InChI=1S/C30H37F3N4O5Si/c1-29(2,3)43(21-12-6-4-7-13-21,22-14-8-5-9-15-22)41-19-24-23(38)17-25(42-24)37-18-20(26(34)36-28(37)40)11-10-16-35-27(39)30(31,32)33/h4-15,18,23-25,28,38,40H,16-17,19H2,1-3H3,(H2,34,36)(H,35,39)/b11-10+/t23?,24-,25-,28?/m1/s1. The van der Waals surface area contributed by atoms with Crippen LogP contribution < -0.4 is 21.4 Å². The van der Waals surface area contributed by atoms with E-state index in [1.54, 1.807) is 5.32 Å². The summed E-state index contributed by atoms with van der Waals surface area (Å²) in [6.45, 7) is 6.14. The van der Waals surface area contributed by atoms with E-state index in [-0.39, 0.29) is 29.5 Å². The zero-order valence-electron chi connectivity index (χ0n) is 24.2. The van der Waals surface area contributed by atoms with Gasteiger partial charge in [0.1, 0.15) is 18.2 Å². The number of benzene rings is 2. The fourth-order valence-electron chi connectivity index (χ4n) is 5.37.